The number of hydrogen-bond donors (Lipinski definition) is 2. The third kappa shape index (κ3) is 2.90. The van der Waals surface area contributed by atoms with Crippen molar-refractivity contribution in [2.24, 2.45) is 5.84 Å². The number of hydrazine groups is 1. The summed E-state index contributed by atoms with van der Waals surface area (Å²) in [7, 11) is 0. The Labute approximate surface area is 128 Å². The van der Waals surface area contributed by atoms with Crippen LogP contribution in [0.5, 0.6) is 5.75 Å². The molecule has 0 bridgehead atoms. The van der Waals surface area contributed by atoms with Gasteiger partial charge in [-0.15, -0.1) is 16.9 Å². The maximum absolute atomic E-state index is 6.11. The van der Waals surface area contributed by atoms with E-state index in [1.807, 2.05) is 22.9 Å². The SMILES string of the molecule is CCCn1nncc1C(NN)C1CSc2ccccc2O1. The van der Waals surface area contributed by atoms with E-state index in [0.29, 0.717) is 0 Å². The molecule has 0 fully saturated rings. The molecule has 7 heteroatoms. The van der Waals surface area contributed by atoms with Gasteiger partial charge in [0.1, 0.15) is 17.9 Å². The first kappa shape index (κ1) is 14.4. The highest BCUT2D eigenvalue weighted by Crippen LogP contribution is 2.37. The first-order valence-corrected chi connectivity index (χ1v) is 8.05. The molecule has 0 spiro atoms. The molecule has 1 aliphatic rings. The van der Waals surface area contributed by atoms with Crippen LogP contribution in [0.4, 0.5) is 0 Å². The average molecular weight is 305 g/mol. The molecule has 3 rings (SSSR count). The molecule has 2 aromatic rings. The maximum atomic E-state index is 6.11. The molecule has 0 aliphatic carbocycles. The van der Waals surface area contributed by atoms with Gasteiger partial charge in [-0.25, -0.2) is 10.1 Å². The van der Waals surface area contributed by atoms with Crippen LogP contribution in [0.15, 0.2) is 35.4 Å². The summed E-state index contributed by atoms with van der Waals surface area (Å²) in [6, 6.07) is 7.94. The topological polar surface area (TPSA) is 78.0 Å². The predicted octanol–water partition coefficient (Wildman–Crippen LogP) is 1.75. The Kier molecular flexibility index (Phi) is 4.42. The normalized spacial score (nSPS) is 18.9. The fourth-order valence-electron chi connectivity index (χ4n) is 2.48. The van der Waals surface area contributed by atoms with Crippen LogP contribution in [-0.2, 0) is 6.54 Å². The van der Waals surface area contributed by atoms with Crippen LogP contribution in [0, 0.1) is 0 Å². The highest BCUT2D eigenvalue weighted by Gasteiger charge is 2.31. The largest absolute Gasteiger partial charge is 0.486 e. The van der Waals surface area contributed by atoms with Gasteiger partial charge in [0.15, 0.2) is 0 Å². The molecule has 0 radical (unpaired) electrons. The van der Waals surface area contributed by atoms with Crippen molar-refractivity contribution in [3.8, 4) is 5.75 Å². The number of benzene rings is 1. The molecule has 21 heavy (non-hydrogen) atoms. The third-order valence-electron chi connectivity index (χ3n) is 3.48. The van der Waals surface area contributed by atoms with E-state index >= 15 is 0 Å². The number of para-hydroxylation sites is 1. The first-order valence-electron chi connectivity index (χ1n) is 7.06. The van der Waals surface area contributed by atoms with Gasteiger partial charge in [0.2, 0.25) is 0 Å². The van der Waals surface area contributed by atoms with Gasteiger partial charge in [-0.3, -0.25) is 5.84 Å². The zero-order valence-electron chi connectivity index (χ0n) is 11.9. The molecule has 6 nitrogen and oxygen atoms in total. The smallest absolute Gasteiger partial charge is 0.133 e. The van der Waals surface area contributed by atoms with Gasteiger partial charge < -0.3 is 4.74 Å². The summed E-state index contributed by atoms with van der Waals surface area (Å²) in [6.07, 6.45) is 2.70. The van der Waals surface area contributed by atoms with Crippen LogP contribution in [0.2, 0.25) is 0 Å². The molecule has 1 aromatic heterocycles. The summed E-state index contributed by atoms with van der Waals surface area (Å²) >= 11 is 1.79. The Morgan fingerprint density at radius 1 is 1.52 bits per heavy atom. The highest BCUT2D eigenvalue weighted by atomic mass is 32.2. The van der Waals surface area contributed by atoms with E-state index in [2.05, 4.69) is 28.7 Å². The fourth-order valence-corrected chi connectivity index (χ4v) is 3.51. The average Bonchev–Trinajstić information content (AvgIpc) is 2.97. The Morgan fingerprint density at radius 2 is 2.38 bits per heavy atom. The quantitative estimate of drug-likeness (QED) is 0.647. The standard InChI is InChI=1S/C14H19N5OS/c1-2-7-19-10(8-16-18-19)14(17-15)12-9-21-13-6-4-3-5-11(13)20-12/h3-6,8,12,14,17H,2,7,9,15H2,1H3. The number of nitrogens with zero attached hydrogens (tertiary/aromatic N) is 3. The second kappa shape index (κ2) is 6.46. The summed E-state index contributed by atoms with van der Waals surface area (Å²) < 4.78 is 8.00. The number of ether oxygens (including phenoxy) is 1. The number of rotatable bonds is 5. The second-order valence-corrected chi connectivity index (χ2v) is 6.00. The van der Waals surface area contributed by atoms with E-state index < -0.39 is 0 Å². The predicted molar refractivity (Wildman–Crippen MR) is 82.0 cm³/mol. The summed E-state index contributed by atoms with van der Waals surface area (Å²) in [4.78, 5) is 1.17. The van der Waals surface area contributed by atoms with Gasteiger partial charge in [-0.2, -0.15) is 0 Å². The van der Waals surface area contributed by atoms with Crippen LogP contribution in [0.1, 0.15) is 25.1 Å². The Morgan fingerprint density at radius 3 is 3.19 bits per heavy atom. The van der Waals surface area contributed by atoms with E-state index in [1.54, 1.807) is 18.0 Å². The molecule has 2 unspecified atom stereocenters. The lowest BCUT2D eigenvalue weighted by Crippen LogP contribution is -2.43. The Bertz CT molecular complexity index is 603. The molecular formula is C14H19N5OS. The molecule has 2 heterocycles. The molecule has 112 valence electrons. The highest BCUT2D eigenvalue weighted by molar-refractivity contribution is 7.99. The summed E-state index contributed by atoms with van der Waals surface area (Å²) in [6.45, 7) is 2.93. The number of hydrogen-bond acceptors (Lipinski definition) is 6. The molecule has 1 aromatic carbocycles. The van der Waals surface area contributed by atoms with Crippen molar-refractivity contribution >= 4 is 11.8 Å². The van der Waals surface area contributed by atoms with Gasteiger partial charge in [-0.05, 0) is 18.6 Å². The molecule has 1 aliphatic heterocycles. The lowest BCUT2D eigenvalue weighted by Gasteiger charge is -2.31. The minimum atomic E-state index is -0.132. The van der Waals surface area contributed by atoms with Gasteiger partial charge in [-0.1, -0.05) is 24.3 Å². The van der Waals surface area contributed by atoms with Crippen molar-refractivity contribution in [2.45, 2.75) is 36.9 Å². The Hall–Kier alpha value is -1.57. The third-order valence-corrected chi connectivity index (χ3v) is 4.63. The summed E-state index contributed by atoms with van der Waals surface area (Å²) in [5.74, 6) is 7.52. The van der Waals surface area contributed by atoms with Gasteiger partial charge in [0, 0.05) is 17.2 Å². The first-order chi connectivity index (χ1) is 10.3. The van der Waals surface area contributed by atoms with E-state index in [-0.39, 0.29) is 12.1 Å². The number of thioether (sulfide) groups is 1. The summed E-state index contributed by atoms with van der Waals surface area (Å²) in [5.41, 5.74) is 3.83. The molecule has 3 N–H and O–H groups in total. The van der Waals surface area contributed by atoms with Crippen molar-refractivity contribution in [1.82, 2.24) is 20.4 Å². The molecule has 2 atom stereocenters. The van der Waals surface area contributed by atoms with Crippen LogP contribution < -0.4 is 16.0 Å². The van der Waals surface area contributed by atoms with E-state index in [0.717, 1.165) is 30.2 Å². The number of aromatic nitrogens is 3. The van der Waals surface area contributed by atoms with Crippen molar-refractivity contribution in [3.05, 3.63) is 36.2 Å². The van der Waals surface area contributed by atoms with Gasteiger partial charge >= 0.3 is 0 Å². The van der Waals surface area contributed by atoms with Crippen molar-refractivity contribution < 1.29 is 4.74 Å². The second-order valence-electron chi connectivity index (χ2n) is 4.94. The Balaban J connectivity index is 1.83. The molecule has 0 saturated heterocycles. The minimum Gasteiger partial charge on any atom is -0.486 e. The fraction of sp³-hybridized carbons (Fsp3) is 0.429. The van der Waals surface area contributed by atoms with Gasteiger partial charge in [0.05, 0.1) is 11.9 Å². The van der Waals surface area contributed by atoms with Crippen molar-refractivity contribution in [2.75, 3.05) is 5.75 Å². The monoisotopic (exact) mass is 305 g/mol. The van der Waals surface area contributed by atoms with Crippen molar-refractivity contribution in [1.29, 1.82) is 0 Å². The molecule has 0 amide bonds. The lowest BCUT2D eigenvalue weighted by molar-refractivity contribution is 0.161. The lowest BCUT2D eigenvalue weighted by atomic mass is 10.1. The minimum absolute atomic E-state index is 0.0518. The van der Waals surface area contributed by atoms with E-state index in [4.69, 9.17) is 10.6 Å². The van der Waals surface area contributed by atoms with Crippen molar-refractivity contribution in [3.63, 3.8) is 0 Å². The van der Waals surface area contributed by atoms with E-state index in [1.165, 1.54) is 4.90 Å². The zero-order valence-corrected chi connectivity index (χ0v) is 12.7. The van der Waals surface area contributed by atoms with Crippen LogP contribution in [-0.4, -0.2) is 26.9 Å². The molecular weight excluding hydrogens is 286 g/mol. The molecule has 0 saturated carbocycles. The summed E-state index contributed by atoms with van der Waals surface area (Å²) in [5, 5.41) is 8.13. The van der Waals surface area contributed by atoms with Crippen LogP contribution in [0.3, 0.4) is 0 Å². The number of nitrogens with two attached hydrogens (primary N) is 1. The van der Waals surface area contributed by atoms with Crippen LogP contribution >= 0.6 is 11.8 Å². The number of nitrogens with one attached hydrogen (secondary N) is 1. The number of fused-ring (bicyclic) bond motifs is 1. The van der Waals surface area contributed by atoms with Crippen LogP contribution in [0.25, 0.3) is 0 Å². The zero-order chi connectivity index (χ0) is 14.7. The van der Waals surface area contributed by atoms with Gasteiger partial charge in [0.25, 0.3) is 0 Å². The maximum Gasteiger partial charge on any atom is 0.133 e. The number of aryl methyl sites for hydroxylation is 1. The van der Waals surface area contributed by atoms with E-state index in [9.17, 15) is 0 Å².